The summed E-state index contributed by atoms with van der Waals surface area (Å²) < 4.78 is 5.08. The van der Waals surface area contributed by atoms with Gasteiger partial charge in [-0.15, -0.1) is 0 Å². The number of allylic oxidation sites excluding steroid dienone is 1. The van der Waals surface area contributed by atoms with Gasteiger partial charge in [0.2, 0.25) is 5.79 Å². The van der Waals surface area contributed by atoms with Crippen LogP contribution in [0, 0.1) is 11.8 Å². The number of nitrogens with zero attached hydrogens (tertiary/aromatic N) is 2. The summed E-state index contributed by atoms with van der Waals surface area (Å²) in [5.74, 6) is 0.256. The van der Waals surface area contributed by atoms with Gasteiger partial charge in [0.05, 0.1) is 22.3 Å². The molecule has 2 aliphatic heterocycles. The predicted octanol–water partition coefficient (Wildman–Crippen LogP) is 3.71. The zero-order valence-electron chi connectivity index (χ0n) is 19.4. The van der Waals surface area contributed by atoms with Crippen LogP contribution in [0.15, 0.2) is 56.1 Å². The summed E-state index contributed by atoms with van der Waals surface area (Å²) in [4.78, 5) is 23.5. The summed E-state index contributed by atoms with van der Waals surface area (Å²) in [5.41, 5.74) is 11.0. The van der Waals surface area contributed by atoms with E-state index in [1.807, 2.05) is 19.1 Å². The van der Waals surface area contributed by atoms with E-state index in [4.69, 9.17) is 26.7 Å². The van der Waals surface area contributed by atoms with Gasteiger partial charge in [0, 0.05) is 29.2 Å². The fourth-order valence-electron chi connectivity index (χ4n) is 5.58. The molecule has 6 rings (SSSR count). The molecular weight excluding hydrogens is 466 g/mol. The van der Waals surface area contributed by atoms with Crippen LogP contribution in [0.2, 0.25) is 5.02 Å². The van der Waals surface area contributed by atoms with Gasteiger partial charge in [-0.25, -0.2) is 9.79 Å². The van der Waals surface area contributed by atoms with E-state index in [0.29, 0.717) is 39.3 Å². The fourth-order valence-corrected chi connectivity index (χ4v) is 5.86. The number of halogens is 1. The van der Waals surface area contributed by atoms with E-state index < -0.39 is 11.5 Å². The molecule has 3 aliphatic rings. The van der Waals surface area contributed by atoms with Gasteiger partial charge in [0.15, 0.2) is 5.58 Å². The molecule has 0 radical (unpaired) electrons. The first-order chi connectivity index (χ1) is 16.9. The van der Waals surface area contributed by atoms with Gasteiger partial charge in [-0.1, -0.05) is 24.4 Å². The smallest absolute Gasteiger partial charge is 0.408 e. The number of nitrogens with two attached hydrogens (primary N) is 1. The molecule has 10 heteroatoms. The van der Waals surface area contributed by atoms with E-state index in [1.54, 1.807) is 24.5 Å². The molecule has 9 nitrogen and oxygen atoms in total. The average Bonchev–Trinajstić information content (AvgIpc) is 3.44. The standard InChI is InChI=1S/C25H28ClN7O2/c1-13-10-30-25(27,33-23(13)31-16-6-7-20-19(9-16)32-24(34)35-20)15-8-18(26)22(29-12-15)21-17-5-3-2-4-14(17)11-28-21/h6-10,12,14,17,21,28,31,33H,2-5,11,27H2,1H3,(H,32,34). The molecule has 1 saturated carbocycles. The molecule has 4 atom stereocenters. The van der Waals surface area contributed by atoms with E-state index in [1.165, 1.54) is 25.7 Å². The second-order valence-electron chi connectivity index (χ2n) is 9.74. The van der Waals surface area contributed by atoms with Gasteiger partial charge >= 0.3 is 5.76 Å². The highest BCUT2D eigenvalue weighted by molar-refractivity contribution is 6.31. The van der Waals surface area contributed by atoms with Gasteiger partial charge in [0.1, 0.15) is 5.82 Å². The van der Waals surface area contributed by atoms with Crippen molar-refractivity contribution in [2.24, 2.45) is 22.6 Å². The first kappa shape index (κ1) is 22.3. The van der Waals surface area contributed by atoms with Crippen LogP contribution in [0.3, 0.4) is 0 Å². The molecular formula is C25H28ClN7O2. The maximum Gasteiger partial charge on any atom is 0.417 e. The summed E-state index contributed by atoms with van der Waals surface area (Å²) in [6.45, 7) is 2.96. The van der Waals surface area contributed by atoms with Gasteiger partial charge in [0.25, 0.3) is 0 Å². The molecule has 0 spiro atoms. The van der Waals surface area contributed by atoms with Gasteiger partial charge in [-0.3, -0.25) is 15.7 Å². The van der Waals surface area contributed by atoms with Gasteiger partial charge in [-0.05, 0) is 62.4 Å². The third-order valence-electron chi connectivity index (χ3n) is 7.46. The van der Waals surface area contributed by atoms with E-state index in [9.17, 15) is 4.79 Å². The van der Waals surface area contributed by atoms with Crippen LogP contribution in [-0.4, -0.2) is 22.7 Å². The molecule has 0 bridgehead atoms. The van der Waals surface area contributed by atoms with Gasteiger partial charge < -0.3 is 20.4 Å². The molecule has 35 heavy (non-hydrogen) atoms. The van der Waals surface area contributed by atoms with E-state index in [-0.39, 0.29) is 6.04 Å². The average molecular weight is 494 g/mol. The SMILES string of the molecule is CC1=C(Nc2ccc3oc(=O)[nH]c3c2)NC(N)(c2cnc(C3NCC4CCCCC43)c(Cl)c2)N=C1. The topological polar surface area (TPSA) is 133 Å². The second kappa shape index (κ2) is 8.51. The Morgan fingerprint density at radius 2 is 2.11 bits per heavy atom. The number of nitrogens with one attached hydrogen (secondary N) is 4. The quantitative estimate of drug-likeness (QED) is 0.374. The third kappa shape index (κ3) is 4.03. The number of oxazole rings is 1. The van der Waals surface area contributed by atoms with Crippen LogP contribution in [-0.2, 0) is 5.79 Å². The number of rotatable bonds is 4. The number of hydrogen-bond donors (Lipinski definition) is 5. The fraction of sp³-hybridized carbons (Fsp3) is 0.400. The van der Waals surface area contributed by atoms with Gasteiger partial charge in [-0.2, -0.15) is 0 Å². The van der Waals surface area contributed by atoms with Crippen molar-refractivity contribution in [1.29, 1.82) is 0 Å². The molecule has 4 heterocycles. The molecule has 1 saturated heterocycles. The Labute approximate surface area is 207 Å². The number of H-pyrrole nitrogens is 1. The van der Waals surface area contributed by atoms with Crippen LogP contribution in [0.4, 0.5) is 5.69 Å². The first-order valence-electron chi connectivity index (χ1n) is 12.0. The summed E-state index contributed by atoms with van der Waals surface area (Å²) in [6.07, 6.45) is 8.57. The van der Waals surface area contributed by atoms with E-state index in [2.05, 4.69) is 25.9 Å². The maximum absolute atomic E-state index is 11.5. The molecule has 182 valence electrons. The normalized spacial score (nSPS) is 28.3. The zero-order chi connectivity index (χ0) is 24.2. The molecule has 6 N–H and O–H groups in total. The van der Waals surface area contributed by atoms with Crippen molar-refractivity contribution in [3.63, 3.8) is 0 Å². The molecule has 1 aliphatic carbocycles. The van der Waals surface area contributed by atoms with Crippen molar-refractivity contribution in [3.05, 3.63) is 68.7 Å². The summed E-state index contributed by atoms with van der Waals surface area (Å²) >= 11 is 6.77. The molecule has 1 aromatic carbocycles. The number of pyridine rings is 1. The number of fused-ring (bicyclic) bond motifs is 2. The Bertz CT molecular complexity index is 1410. The van der Waals surface area contributed by atoms with Crippen molar-refractivity contribution in [2.45, 2.75) is 44.4 Å². The molecule has 4 unspecified atom stereocenters. The molecule has 2 fully saturated rings. The number of benzene rings is 1. The third-order valence-corrected chi connectivity index (χ3v) is 7.76. The van der Waals surface area contributed by atoms with E-state index in [0.717, 1.165) is 23.5 Å². The number of anilines is 1. The number of aromatic nitrogens is 2. The number of hydrogen-bond acceptors (Lipinski definition) is 8. The number of aromatic amines is 1. The van der Waals surface area contributed by atoms with Crippen molar-refractivity contribution >= 4 is 34.6 Å². The highest BCUT2D eigenvalue weighted by Crippen LogP contribution is 2.44. The summed E-state index contributed by atoms with van der Waals surface area (Å²) in [7, 11) is 0. The van der Waals surface area contributed by atoms with Crippen LogP contribution < -0.4 is 27.4 Å². The number of aliphatic imine (C=N–C) groups is 1. The minimum atomic E-state index is -1.23. The van der Waals surface area contributed by atoms with Crippen molar-refractivity contribution < 1.29 is 4.42 Å². The lowest BCUT2D eigenvalue weighted by Gasteiger charge is -2.33. The Kier molecular flexibility index (Phi) is 5.43. The van der Waals surface area contributed by atoms with Crippen LogP contribution in [0.25, 0.3) is 11.1 Å². The highest BCUT2D eigenvalue weighted by Gasteiger charge is 2.40. The molecule has 0 amide bonds. The lowest BCUT2D eigenvalue weighted by molar-refractivity contribution is 0.264. The maximum atomic E-state index is 11.5. The zero-order valence-corrected chi connectivity index (χ0v) is 20.2. The Balaban J connectivity index is 1.24. The second-order valence-corrected chi connectivity index (χ2v) is 10.2. The molecule has 2 aromatic heterocycles. The Morgan fingerprint density at radius 1 is 1.26 bits per heavy atom. The van der Waals surface area contributed by atoms with Crippen LogP contribution >= 0.6 is 11.6 Å². The van der Waals surface area contributed by atoms with Crippen molar-refractivity contribution in [1.82, 2.24) is 20.6 Å². The minimum Gasteiger partial charge on any atom is -0.408 e. The lowest BCUT2D eigenvalue weighted by atomic mass is 9.77. The first-order valence-corrected chi connectivity index (χ1v) is 12.4. The van der Waals surface area contributed by atoms with Crippen molar-refractivity contribution in [3.8, 4) is 0 Å². The monoisotopic (exact) mass is 493 g/mol. The van der Waals surface area contributed by atoms with Crippen molar-refractivity contribution in [2.75, 3.05) is 11.9 Å². The largest absolute Gasteiger partial charge is 0.417 e. The minimum absolute atomic E-state index is 0.182. The lowest BCUT2D eigenvalue weighted by Crippen LogP contribution is -2.51. The Morgan fingerprint density at radius 3 is 2.97 bits per heavy atom. The molecule has 3 aromatic rings. The van der Waals surface area contributed by atoms with Crippen LogP contribution in [0.5, 0.6) is 0 Å². The summed E-state index contributed by atoms with van der Waals surface area (Å²) in [6, 6.07) is 7.40. The highest BCUT2D eigenvalue weighted by atomic mass is 35.5. The van der Waals surface area contributed by atoms with E-state index >= 15 is 0 Å². The predicted molar refractivity (Wildman–Crippen MR) is 136 cm³/mol. The Hall–Kier alpha value is -3.14. The summed E-state index contributed by atoms with van der Waals surface area (Å²) in [5, 5.41) is 10.9. The van der Waals surface area contributed by atoms with Crippen LogP contribution in [0.1, 0.15) is 49.9 Å².